The zero-order valence-electron chi connectivity index (χ0n) is 11.1. The Balaban J connectivity index is 1.47. The third-order valence-electron chi connectivity index (χ3n) is 4.20. The molecule has 0 radical (unpaired) electrons. The molecular formula is C14H25NO3. The standard InChI is InChI=1S/C14H25NO3/c16-14(17)13-8-7-12(18-13)10-15-9-3-6-11-4-1-2-5-11/h11-13,15H,1-10H2,(H,16,17). The van der Waals surface area contributed by atoms with Gasteiger partial charge in [0.2, 0.25) is 0 Å². The number of carboxylic acids is 1. The molecule has 2 aliphatic rings. The van der Waals surface area contributed by atoms with Crippen molar-refractivity contribution >= 4 is 5.97 Å². The summed E-state index contributed by atoms with van der Waals surface area (Å²) in [6.45, 7) is 1.84. The zero-order chi connectivity index (χ0) is 12.8. The van der Waals surface area contributed by atoms with E-state index in [1.54, 1.807) is 0 Å². The number of ether oxygens (including phenoxy) is 1. The van der Waals surface area contributed by atoms with Gasteiger partial charge in [0, 0.05) is 6.54 Å². The Morgan fingerprint density at radius 2 is 2.00 bits per heavy atom. The van der Waals surface area contributed by atoms with E-state index in [1.807, 2.05) is 0 Å². The predicted molar refractivity (Wildman–Crippen MR) is 69.6 cm³/mol. The number of carboxylic acid groups (broad SMARTS) is 1. The van der Waals surface area contributed by atoms with Crippen molar-refractivity contribution in [3.63, 3.8) is 0 Å². The van der Waals surface area contributed by atoms with Crippen molar-refractivity contribution in [1.29, 1.82) is 0 Å². The van der Waals surface area contributed by atoms with E-state index >= 15 is 0 Å². The highest BCUT2D eigenvalue weighted by Crippen LogP contribution is 2.28. The van der Waals surface area contributed by atoms with Crippen LogP contribution in [0.1, 0.15) is 51.4 Å². The molecule has 1 saturated heterocycles. The number of carbonyl (C=O) groups is 1. The van der Waals surface area contributed by atoms with Crippen LogP contribution in [-0.4, -0.2) is 36.4 Å². The number of nitrogens with one attached hydrogen (secondary N) is 1. The number of hydrogen-bond donors (Lipinski definition) is 2. The Bertz CT molecular complexity index is 264. The van der Waals surface area contributed by atoms with Crippen molar-refractivity contribution in [3.8, 4) is 0 Å². The highest BCUT2D eigenvalue weighted by Gasteiger charge is 2.29. The minimum absolute atomic E-state index is 0.0950. The summed E-state index contributed by atoms with van der Waals surface area (Å²) < 4.78 is 5.44. The Morgan fingerprint density at radius 3 is 2.67 bits per heavy atom. The van der Waals surface area contributed by atoms with E-state index in [0.29, 0.717) is 6.42 Å². The van der Waals surface area contributed by atoms with Crippen LogP contribution in [0.3, 0.4) is 0 Å². The van der Waals surface area contributed by atoms with Crippen LogP contribution in [0.4, 0.5) is 0 Å². The summed E-state index contributed by atoms with van der Waals surface area (Å²) in [5.41, 5.74) is 0. The second kappa shape index (κ2) is 7.10. The normalized spacial score (nSPS) is 28.9. The lowest BCUT2D eigenvalue weighted by Crippen LogP contribution is -2.29. The van der Waals surface area contributed by atoms with E-state index in [0.717, 1.165) is 25.4 Å². The molecule has 2 fully saturated rings. The van der Waals surface area contributed by atoms with Crippen LogP contribution in [0.5, 0.6) is 0 Å². The Morgan fingerprint density at radius 1 is 1.22 bits per heavy atom. The summed E-state index contributed by atoms with van der Waals surface area (Å²) in [7, 11) is 0. The molecule has 0 aromatic carbocycles. The lowest BCUT2D eigenvalue weighted by molar-refractivity contribution is -0.149. The summed E-state index contributed by atoms with van der Waals surface area (Å²) in [6.07, 6.45) is 9.31. The molecular weight excluding hydrogens is 230 g/mol. The van der Waals surface area contributed by atoms with Gasteiger partial charge in [-0.2, -0.15) is 0 Å². The number of hydrogen-bond acceptors (Lipinski definition) is 3. The molecule has 2 atom stereocenters. The molecule has 1 aliphatic carbocycles. The average Bonchev–Trinajstić information content (AvgIpc) is 2.98. The summed E-state index contributed by atoms with van der Waals surface area (Å²) in [6, 6.07) is 0. The molecule has 2 rings (SSSR count). The first-order valence-electron chi connectivity index (χ1n) is 7.34. The Hall–Kier alpha value is -0.610. The van der Waals surface area contributed by atoms with Gasteiger partial charge < -0.3 is 15.2 Å². The van der Waals surface area contributed by atoms with Gasteiger partial charge in [0.05, 0.1) is 6.10 Å². The van der Waals surface area contributed by atoms with Crippen molar-refractivity contribution in [2.45, 2.75) is 63.6 Å². The van der Waals surface area contributed by atoms with Crippen molar-refractivity contribution in [2.24, 2.45) is 5.92 Å². The van der Waals surface area contributed by atoms with Crippen LogP contribution in [0.25, 0.3) is 0 Å². The van der Waals surface area contributed by atoms with E-state index in [2.05, 4.69) is 5.32 Å². The summed E-state index contributed by atoms with van der Waals surface area (Å²) in [5, 5.41) is 12.2. The topological polar surface area (TPSA) is 58.6 Å². The van der Waals surface area contributed by atoms with E-state index in [9.17, 15) is 4.79 Å². The molecule has 0 amide bonds. The van der Waals surface area contributed by atoms with Gasteiger partial charge in [-0.3, -0.25) is 0 Å². The van der Waals surface area contributed by atoms with Gasteiger partial charge in [-0.25, -0.2) is 4.79 Å². The molecule has 2 unspecified atom stereocenters. The number of rotatable bonds is 7. The third-order valence-corrected chi connectivity index (χ3v) is 4.20. The van der Waals surface area contributed by atoms with E-state index in [1.165, 1.54) is 38.5 Å². The molecule has 4 heteroatoms. The van der Waals surface area contributed by atoms with Gasteiger partial charge in [-0.1, -0.05) is 25.7 Å². The van der Waals surface area contributed by atoms with E-state index in [4.69, 9.17) is 9.84 Å². The van der Waals surface area contributed by atoms with Crippen molar-refractivity contribution < 1.29 is 14.6 Å². The molecule has 104 valence electrons. The average molecular weight is 255 g/mol. The monoisotopic (exact) mass is 255 g/mol. The molecule has 1 saturated carbocycles. The van der Waals surface area contributed by atoms with Crippen LogP contribution in [0.15, 0.2) is 0 Å². The minimum atomic E-state index is -0.821. The lowest BCUT2D eigenvalue weighted by Gasteiger charge is -2.13. The van der Waals surface area contributed by atoms with Crippen LogP contribution in [0.2, 0.25) is 0 Å². The molecule has 0 spiro atoms. The summed E-state index contributed by atoms with van der Waals surface area (Å²) >= 11 is 0. The van der Waals surface area contributed by atoms with Gasteiger partial charge in [0.25, 0.3) is 0 Å². The molecule has 2 N–H and O–H groups in total. The lowest BCUT2D eigenvalue weighted by atomic mass is 10.0. The second-order valence-corrected chi connectivity index (χ2v) is 5.66. The second-order valence-electron chi connectivity index (χ2n) is 5.66. The van der Waals surface area contributed by atoms with Crippen LogP contribution in [0, 0.1) is 5.92 Å². The smallest absolute Gasteiger partial charge is 0.332 e. The van der Waals surface area contributed by atoms with Crippen molar-refractivity contribution in [3.05, 3.63) is 0 Å². The maximum absolute atomic E-state index is 10.7. The molecule has 1 aliphatic heterocycles. The van der Waals surface area contributed by atoms with Gasteiger partial charge >= 0.3 is 5.97 Å². The van der Waals surface area contributed by atoms with Gasteiger partial charge in [-0.05, 0) is 38.1 Å². The van der Waals surface area contributed by atoms with Crippen molar-refractivity contribution in [1.82, 2.24) is 5.32 Å². The molecule has 18 heavy (non-hydrogen) atoms. The quantitative estimate of drug-likeness (QED) is 0.685. The van der Waals surface area contributed by atoms with Crippen LogP contribution >= 0.6 is 0 Å². The van der Waals surface area contributed by atoms with Gasteiger partial charge in [0.1, 0.15) is 0 Å². The van der Waals surface area contributed by atoms with Crippen LogP contribution < -0.4 is 5.32 Å². The molecule has 0 bridgehead atoms. The first-order chi connectivity index (χ1) is 8.75. The van der Waals surface area contributed by atoms with E-state index in [-0.39, 0.29) is 6.10 Å². The van der Waals surface area contributed by atoms with Gasteiger partial charge in [0.15, 0.2) is 6.10 Å². The maximum atomic E-state index is 10.7. The highest BCUT2D eigenvalue weighted by atomic mass is 16.5. The van der Waals surface area contributed by atoms with Crippen molar-refractivity contribution in [2.75, 3.05) is 13.1 Å². The predicted octanol–water partition coefficient (Wildman–Crippen LogP) is 2.18. The first kappa shape index (κ1) is 13.8. The fourth-order valence-electron chi connectivity index (χ4n) is 3.12. The maximum Gasteiger partial charge on any atom is 0.332 e. The zero-order valence-corrected chi connectivity index (χ0v) is 11.1. The minimum Gasteiger partial charge on any atom is -0.479 e. The van der Waals surface area contributed by atoms with Gasteiger partial charge in [-0.15, -0.1) is 0 Å². The molecule has 1 heterocycles. The Labute approximate surface area is 109 Å². The third kappa shape index (κ3) is 4.25. The molecule has 0 aromatic rings. The largest absolute Gasteiger partial charge is 0.479 e. The van der Waals surface area contributed by atoms with E-state index < -0.39 is 12.1 Å². The molecule has 0 aromatic heterocycles. The SMILES string of the molecule is O=C(O)C1CCC(CNCCCC2CCCC2)O1. The molecule has 4 nitrogen and oxygen atoms in total. The number of aliphatic carboxylic acids is 1. The summed E-state index contributed by atoms with van der Waals surface area (Å²) in [5.74, 6) is 0.143. The fraction of sp³-hybridized carbons (Fsp3) is 0.929. The fourth-order valence-corrected chi connectivity index (χ4v) is 3.12. The first-order valence-corrected chi connectivity index (χ1v) is 7.34. The van der Waals surface area contributed by atoms with Crippen LogP contribution in [-0.2, 0) is 9.53 Å². The Kier molecular flexibility index (Phi) is 5.45. The summed E-state index contributed by atoms with van der Waals surface area (Å²) in [4.78, 5) is 10.7. The highest BCUT2D eigenvalue weighted by molar-refractivity contribution is 5.72.